The topological polar surface area (TPSA) is 42.0 Å². The first-order chi connectivity index (χ1) is 9.52. The highest BCUT2D eigenvalue weighted by Gasteiger charge is 2.12. The van der Waals surface area contributed by atoms with Crippen molar-refractivity contribution in [2.75, 3.05) is 5.32 Å². The molecule has 2 aromatic heterocycles. The van der Waals surface area contributed by atoms with Crippen molar-refractivity contribution in [1.29, 1.82) is 0 Å². The molecule has 0 aliphatic rings. The number of nitrogens with zero attached hydrogens (tertiary/aromatic N) is 1. The zero-order chi connectivity index (χ0) is 14.3. The van der Waals surface area contributed by atoms with E-state index < -0.39 is 0 Å². The van der Waals surface area contributed by atoms with Crippen LogP contribution in [0.3, 0.4) is 0 Å². The lowest BCUT2D eigenvalue weighted by Crippen LogP contribution is -2.09. The number of amides is 1. The van der Waals surface area contributed by atoms with Crippen LogP contribution in [0.25, 0.3) is 10.2 Å². The number of aryl methyl sites for hydroxylation is 3. The molecule has 0 unspecified atom stereocenters. The van der Waals surface area contributed by atoms with Crippen LogP contribution in [0.5, 0.6) is 0 Å². The minimum Gasteiger partial charge on any atom is -0.297 e. The van der Waals surface area contributed by atoms with Crippen LogP contribution in [0.2, 0.25) is 0 Å². The third-order valence-corrected chi connectivity index (χ3v) is 4.93. The Morgan fingerprint density at radius 1 is 1.15 bits per heavy atom. The summed E-state index contributed by atoms with van der Waals surface area (Å²) in [6.45, 7) is 6.10. The van der Waals surface area contributed by atoms with E-state index in [1.54, 1.807) is 0 Å². The van der Waals surface area contributed by atoms with Crippen molar-refractivity contribution in [3.8, 4) is 0 Å². The van der Waals surface area contributed by atoms with Gasteiger partial charge in [0.2, 0.25) is 0 Å². The van der Waals surface area contributed by atoms with Gasteiger partial charge < -0.3 is 0 Å². The highest BCUT2D eigenvalue weighted by atomic mass is 32.1. The molecule has 1 amide bonds. The second-order valence-electron chi connectivity index (χ2n) is 4.81. The van der Waals surface area contributed by atoms with Crippen molar-refractivity contribution < 1.29 is 4.79 Å². The SMILES string of the molecule is Cc1cc(C)c2nc(NC(=O)c3ccc(C)s3)sc2c1. The van der Waals surface area contributed by atoms with Gasteiger partial charge in [0.25, 0.3) is 5.91 Å². The number of aromatic nitrogens is 1. The van der Waals surface area contributed by atoms with Gasteiger partial charge in [-0.25, -0.2) is 4.98 Å². The van der Waals surface area contributed by atoms with Crippen LogP contribution >= 0.6 is 22.7 Å². The summed E-state index contributed by atoms with van der Waals surface area (Å²) in [6.07, 6.45) is 0. The van der Waals surface area contributed by atoms with Crippen LogP contribution < -0.4 is 5.32 Å². The molecular formula is C15H14N2OS2. The van der Waals surface area contributed by atoms with Gasteiger partial charge in [-0.15, -0.1) is 11.3 Å². The Morgan fingerprint density at radius 2 is 1.95 bits per heavy atom. The first-order valence-corrected chi connectivity index (χ1v) is 7.92. The van der Waals surface area contributed by atoms with E-state index in [1.807, 2.05) is 26.0 Å². The van der Waals surface area contributed by atoms with E-state index in [0.29, 0.717) is 5.13 Å². The minimum atomic E-state index is -0.0865. The van der Waals surface area contributed by atoms with E-state index in [9.17, 15) is 4.79 Å². The lowest BCUT2D eigenvalue weighted by Gasteiger charge is -1.97. The monoisotopic (exact) mass is 302 g/mol. The maximum absolute atomic E-state index is 12.1. The number of hydrogen-bond donors (Lipinski definition) is 1. The number of nitrogens with one attached hydrogen (secondary N) is 1. The largest absolute Gasteiger partial charge is 0.297 e. The molecule has 0 radical (unpaired) electrons. The number of rotatable bonds is 2. The van der Waals surface area contributed by atoms with Gasteiger partial charge in [0.1, 0.15) is 0 Å². The van der Waals surface area contributed by atoms with Gasteiger partial charge in [-0.2, -0.15) is 0 Å². The van der Waals surface area contributed by atoms with E-state index in [2.05, 4.69) is 29.4 Å². The van der Waals surface area contributed by atoms with Crippen molar-refractivity contribution >= 4 is 43.9 Å². The summed E-state index contributed by atoms with van der Waals surface area (Å²) < 4.78 is 1.11. The lowest BCUT2D eigenvalue weighted by atomic mass is 10.1. The molecular weight excluding hydrogens is 288 g/mol. The average molecular weight is 302 g/mol. The van der Waals surface area contributed by atoms with Gasteiger partial charge >= 0.3 is 0 Å². The number of carbonyl (C=O) groups excluding carboxylic acids is 1. The molecule has 0 aliphatic heterocycles. The van der Waals surface area contributed by atoms with Crippen molar-refractivity contribution in [1.82, 2.24) is 4.98 Å². The van der Waals surface area contributed by atoms with E-state index in [0.717, 1.165) is 25.5 Å². The second kappa shape index (κ2) is 5.00. The molecule has 3 rings (SSSR count). The fraction of sp³-hybridized carbons (Fsp3) is 0.200. The van der Waals surface area contributed by atoms with E-state index in [4.69, 9.17) is 0 Å². The summed E-state index contributed by atoms with van der Waals surface area (Å²) in [5, 5.41) is 3.54. The number of thiazole rings is 1. The molecule has 20 heavy (non-hydrogen) atoms. The van der Waals surface area contributed by atoms with Crippen molar-refractivity contribution in [2.24, 2.45) is 0 Å². The van der Waals surface area contributed by atoms with Gasteiger partial charge in [-0.1, -0.05) is 17.4 Å². The fourth-order valence-electron chi connectivity index (χ4n) is 2.14. The molecule has 1 N–H and O–H groups in total. The Labute approximate surface area is 125 Å². The quantitative estimate of drug-likeness (QED) is 0.755. The van der Waals surface area contributed by atoms with Crippen LogP contribution in [0, 0.1) is 20.8 Å². The Balaban J connectivity index is 1.91. The molecule has 1 aromatic carbocycles. The third kappa shape index (κ3) is 2.46. The highest BCUT2D eigenvalue weighted by Crippen LogP contribution is 2.29. The first kappa shape index (κ1) is 13.3. The Bertz CT molecular complexity index is 801. The summed E-state index contributed by atoms with van der Waals surface area (Å²) in [7, 11) is 0. The number of benzene rings is 1. The summed E-state index contributed by atoms with van der Waals surface area (Å²) in [6, 6.07) is 8.00. The second-order valence-corrected chi connectivity index (χ2v) is 7.13. The molecule has 5 heteroatoms. The van der Waals surface area contributed by atoms with Gasteiger partial charge in [0, 0.05) is 4.88 Å². The fourth-order valence-corrected chi connectivity index (χ4v) is 3.94. The van der Waals surface area contributed by atoms with Gasteiger partial charge in [0.15, 0.2) is 5.13 Å². The predicted octanol–water partition coefficient (Wildman–Crippen LogP) is 4.54. The zero-order valence-corrected chi connectivity index (χ0v) is 13.1. The highest BCUT2D eigenvalue weighted by molar-refractivity contribution is 7.22. The standard InChI is InChI=1S/C15H14N2OS2/c1-8-6-9(2)13-12(7-8)20-15(16-13)17-14(18)11-5-4-10(3)19-11/h4-7H,1-3H3,(H,16,17,18). The van der Waals surface area contributed by atoms with E-state index in [-0.39, 0.29) is 5.91 Å². The Hall–Kier alpha value is -1.72. The molecule has 3 nitrogen and oxygen atoms in total. The van der Waals surface area contributed by atoms with E-state index in [1.165, 1.54) is 28.2 Å². The van der Waals surface area contributed by atoms with Crippen molar-refractivity contribution in [3.05, 3.63) is 45.1 Å². The lowest BCUT2D eigenvalue weighted by molar-refractivity contribution is 0.103. The normalized spacial score (nSPS) is 10.9. The first-order valence-electron chi connectivity index (χ1n) is 6.28. The number of thiophene rings is 1. The van der Waals surface area contributed by atoms with Crippen LogP contribution in [0.1, 0.15) is 25.7 Å². The van der Waals surface area contributed by atoms with Crippen molar-refractivity contribution in [3.63, 3.8) is 0 Å². The molecule has 0 saturated carbocycles. The minimum absolute atomic E-state index is 0.0865. The van der Waals surface area contributed by atoms with Crippen LogP contribution in [-0.4, -0.2) is 10.9 Å². The van der Waals surface area contributed by atoms with Crippen molar-refractivity contribution in [2.45, 2.75) is 20.8 Å². The maximum atomic E-state index is 12.1. The summed E-state index contributed by atoms with van der Waals surface area (Å²) in [5.74, 6) is -0.0865. The van der Waals surface area contributed by atoms with Crippen LogP contribution in [0.4, 0.5) is 5.13 Å². The number of hydrogen-bond acceptors (Lipinski definition) is 4. The molecule has 0 saturated heterocycles. The molecule has 0 aliphatic carbocycles. The van der Waals surface area contributed by atoms with Crippen LogP contribution in [0.15, 0.2) is 24.3 Å². The van der Waals surface area contributed by atoms with Gasteiger partial charge in [-0.05, 0) is 50.1 Å². The van der Waals surface area contributed by atoms with Crippen LogP contribution in [-0.2, 0) is 0 Å². The smallest absolute Gasteiger partial charge is 0.267 e. The predicted molar refractivity (Wildman–Crippen MR) is 86.1 cm³/mol. The average Bonchev–Trinajstić information content (AvgIpc) is 2.95. The molecule has 2 heterocycles. The summed E-state index contributed by atoms with van der Waals surface area (Å²) in [4.78, 5) is 18.5. The molecule has 0 spiro atoms. The molecule has 0 bridgehead atoms. The Morgan fingerprint density at radius 3 is 2.65 bits per heavy atom. The van der Waals surface area contributed by atoms with E-state index >= 15 is 0 Å². The maximum Gasteiger partial charge on any atom is 0.267 e. The van der Waals surface area contributed by atoms with Gasteiger partial charge in [0.05, 0.1) is 15.1 Å². The molecule has 3 aromatic rings. The van der Waals surface area contributed by atoms with Gasteiger partial charge in [-0.3, -0.25) is 10.1 Å². The number of carbonyl (C=O) groups is 1. The molecule has 0 fully saturated rings. The zero-order valence-electron chi connectivity index (χ0n) is 11.5. The summed E-state index contributed by atoms with van der Waals surface area (Å²) in [5.41, 5.74) is 3.33. The molecule has 0 atom stereocenters. The number of anilines is 1. The molecule has 102 valence electrons. The Kier molecular flexibility index (Phi) is 3.31. The summed E-state index contributed by atoms with van der Waals surface area (Å²) >= 11 is 3.01. The third-order valence-electron chi connectivity index (χ3n) is 3.01. The number of fused-ring (bicyclic) bond motifs is 1.